The lowest BCUT2D eigenvalue weighted by atomic mass is 10.2. The highest BCUT2D eigenvalue weighted by Gasteiger charge is 2.22. The number of carbonyl (C=O) groups is 2. The minimum absolute atomic E-state index is 0.100. The summed E-state index contributed by atoms with van der Waals surface area (Å²) in [6.45, 7) is 2.20. The summed E-state index contributed by atoms with van der Waals surface area (Å²) >= 11 is 0. The topological polar surface area (TPSA) is 71.3 Å². The van der Waals surface area contributed by atoms with Gasteiger partial charge in [0.05, 0.1) is 23.1 Å². The van der Waals surface area contributed by atoms with E-state index in [1.165, 1.54) is 0 Å². The minimum atomic E-state index is -0.127. The van der Waals surface area contributed by atoms with E-state index in [1.54, 1.807) is 36.5 Å². The van der Waals surface area contributed by atoms with Gasteiger partial charge >= 0.3 is 0 Å². The van der Waals surface area contributed by atoms with Gasteiger partial charge in [-0.25, -0.2) is 4.98 Å². The van der Waals surface area contributed by atoms with Gasteiger partial charge in [-0.1, -0.05) is 12.1 Å². The first kappa shape index (κ1) is 18.2. The Morgan fingerprint density at radius 1 is 1.11 bits per heavy atom. The molecule has 3 heterocycles. The van der Waals surface area contributed by atoms with Crippen molar-refractivity contribution >= 4 is 22.8 Å². The first-order valence-corrected chi connectivity index (χ1v) is 9.51. The maximum absolute atomic E-state index is 12.7. The molecule has 1 aliphatic heterocycles. The largest absolute Gasteiger partial charge is 0.341 e. The number of likely N-dealkylation sites (tertiary alicyclic amines) is 1. The second-order valence-corrected chi connectivity index (χ2v) is 7.09. The Morgan fingerprint density at radius 3 is 2.64 bits per heavy atom. The van der Waals surface area contributed by atoms with Gasteiger partial charge in [-0.2, -0.15) is 0 Å². The van der Waals surface area contributed by atoms with Gasteiger partial charge in [0, 0.05) is 32.5 Å². The van der Waals surface area contributed by atoms with Crippen LogP contribution in [0, 0.1) is 0 Å². The van der Waals surface area contributed by atoms with E-state index in [0.29, 0.717) is 17.9 Å². The lowest BCUT2D eigenvalue weighted by Gasteiger charge is -2.20. The third-order valence-electron chi connectivity index (χ3n) is 5.12. The van der Waals surface area contributed by atoms with Crippen LogP contribution in [-0.2, 0) is 17.9 Å². The van der Waals surface area contributed by atoms with Crippen molar-refractivity contribution in [2.75, 3.05) is 20.1 Å². The van der Waals surface area contributed by atoms with Gasteiger partial charge in [0.2, 0.25) is 5.91 Å². The average Bonchev–Trinajstić information content (AvgIpc) is 3.37. The summed E-state index contributed by atoms with van der Waals surface area (Å²) < 4.78 is 1.93. The van der Waals surface area contributed by atoms with Crippen LogP contribution in [0.25, 0.3) is 11.0 Å². The monoisotopic (exact) mass is 377 g/mol. The number of hydrogen-bond donors (Lipinski definition) is 0. The molecule has 7 heteroatoms. The minimum Gasteiger partial charge on any atom is -0.341 e. The third-order valence-corrected chi connectivity index (χ3v) is 5.12. The molecule has 0 saturated carbocycles. The van der Waals surface area contributed by atoms with Crippen molar-refractivity contribution in [2.24, 2.45) is 0 Å². The van der Waals surface area contributed by atoms with E-state index in [-0.39, 0.29) is 18.4 Å². The number of amides is 2. The number of rotatable bonds is 5. The Hall–Kier alpha value is -3.22. The van der Waals surface area contributed by atoms with Crippen molar-refractivity contribution in [1.82, 2.24) is 24.3 Å². The molecule has 0 unspecified atom stereocenters. The Morgan fingerprint density at radius 2 is 1.89 bits per heavy atom. The predicted octanol–water partition coefficient (Wildman–Crippen LogP) is 2.33. The zero-order chi connectivity index (χ0) is 19.5. The van der Waals surface area contributed by atoms with E-state index < -0.39 is 0 Å². The summed E-state index contributed by atoms with van der Waals surface area (Å²) in [5.74, 6) is 0.675. The van der Waals surface area contributed by atoms with Crippen molar-refractivity contribution in [3.8, 4) is 0 Å². The van der Waals surface area contributed by atoms with E-state index in [1.807, 2.05) is 33.7 Å². The molecule has 0 atom stereocenters. The molecule has 2 aromatic heterocycles. The Labute approximate surface area is 163 Å². The molecule has 3 aromatic rings. The van der Waals surface area contributed by atoms with Gasteiger partial charge < -0.3 is 14.4 Å². The molecule has 0 bridgehead atoms. The van der Waals surface area contributed by atoms with Crippen LogP contribution in [0.4, 0.5) is 0 Å². The molecular weight excluding hydrogens is 354 g/mol. The van der Waals surface area contributed by atoms with Crippen molar-refractivity contribution in [2.45, 2.75) is 25.9 Å². The maximum Gasteiger partial charge on any atom is 0.255 e. The summed E-state index contributed by atoms with van der Waals surface area (Å²) in [6, 6.07) is 11.2. The van der Waals surface area contributed by atoms with E-state index in [2.05, 4.69) is 4.98 Å². The Balaban J connectivity index is 1.60. The van der Waals surface area contributed by atoms with Crippen molar-refractivity contribution in [3.05, 3.63) is 60.2 Å². The van der Waals surface area contributed by atoms with E-state index in [4.69, 9.17) is 4.98 Å². The van der Waals surface area contributed by atoms with Crippen LogP contribution in [0.2, 0.25) is 0 Å². The number of fused-ring (bicyclic) bond motifs is 1. The highest BCUT2D eigenvalue weighted by molar-refractivity contribution is 5.93. The summed E-state index contributed by atoms with van der Waals surface area (Å²) in [5, 5.41) is 0. The van der Waals surface area contributed by atoms with Gasteiger partial charge in [-0.05, 0) is 37.1 Å². The number of nitrogens with zero attached hydrogens (tertiary/aromatic N) is 5. The molecule has 1 saturated heterocycles. The van der Waals surface area contributed by atoms with Crippen LogP contribution in [-0.4, -0.2) is 56.3 Å². The summed E-state index contributed by atoms with van der Waals surface area (Å²) in [4.78, 5) is 37.6. The average molecular weight is 377 g/mol. The fourth-order valence-electron chi connectivity index (χ4n) is 3.62. The van der Waals surface area contributed by atoms with Gasteiger partial charge in [-0.3, -0.25) is 14.6 Å². The van der Waals surface area contributed by atoms with E-state index >= 15 is 0 Å². The van der Waals surface area contributed by atoms with Crippen LogP contribution in [0.3, 0.4) is 0 Å². The van der Waals surface area contributed by atoms with Crippen LogP contribution in [0.5, 0.6) is 0 Å². The lowest BCUT2D eigenvalue weighted by Crippen LogP contribution is -2.33. The van der Waals surface area contributed by atoms with Crippen molar-refractivity contribution < 1.29 is 9.59 Å². The zero-order valence-corrected chi connectivity index (χ0v) is 15.9. The fraction of sp³-hybridized carbons (Fsp3) is 0.333. The second kappa shape index (κ2) is 7.80. The van der Waals surface area contributed by atoms with Crippen molar-refractivity contribution in [1.29, 1.82) is 0 Å². The molecule has 7 nitrogen and oxygen atoms in total. The number of carbonyl (C=O) groups excluding carboxylic acids is 2. The number of aromatic nitrogens is 3. The number of imidazole rings is 1. The molecule has 4 rings (SSSR count). The molecule has 1 fully saturated rings. The number of para-hydroxylation sites is 2. The fourth-order valence-corrected chi connectivity index (χ4v) is 3.62. The quantitative estimate of drug-likeness (QED) is 0.684. The molecule has 28 heavy (non-hydrogen) atoms. The van der Waals surface area contributed by atoms with E-state index in [9.17, 15) is 9.59 Å². The van der Waals surface area contributed by atoms with Crippen LogP contribution >= 0.6 is 0 Å². The van der Waals surface area contributed by atoms with E-state index in [0.717, 1.165) is 37.0 Å². The van der Waals surface area contributed by atoms with Gasteiger partial charge in [-0.15, -0.1) is 0 Å². The SMILES string of the molecule is CN(Cc1nc2ccccc2n1CC(=O)N1CCCC1)C(=O)c1cccnc1. The first-order valence-electron chi connectivity index (χ1n) is 9.51. The molecular formula is C21H23N5O2. The summed E-state index contributed by atoms with van der Waals surface area (Å²) in [5.41, 5.74) is 2.27. The lowest BCUT2D eigenvalue weighted by molar-refractivity contribution is -0.130. The summed E-state index contributed by atoms with van der Waals surface area (Å²) in [6.07, 6.45) is 5.32. The van der Waals surface area contributed by atoms with Crippen molar-refractivity contribution in [3.63, 3.8) is 0 Å². The zero-order valence-electron chi connectivity index (χ0n) is 15.9. The van der Waals surface area contributed by atoms with Crippen LogP contribution in [0.1, 0.15) is 29.0 Å². The maximum atomic E-state index is 12.7. The standard InChI is InChI=1S/C21H23N5O2/c1-24(21(28)16-7-6-10-22-13-16)14-19-23-17-8-2-3-9-18(17)26(19)15-20(27)25-11-4-5-12-25/h2-3,6-10,13H,4-5,11-12,14-15H2,1H3. The van der Waals surface area contributed by atoms with Gasteiger partial charge in [0.25, 0.3) is 5.91 Å². The van der Waals surface area contributed by atoms with Gasteiger partial charge in [0.15, 0.2) is 0 Å². The Bertz CT molecular complexity index is 992. The predicted molar refractivity (Wildman–Crippen MR) is 106 cm³/mol. The molecule has 0 aliphatic carbocycles. The van der Waals surface area contributed by atoms with Crippen LogP contribution in [0.15, 0.2) is 48.8 Å². The Kier molecular flexibility index (Phi) is 5.06. The molecule has 2 amide bonds. The molecule has 1 aromatic carbocycles. The number of benzene rings is 1. The number of pyridine rings is 1. The molecule has 0 radical (unpaired) electrons. The molecule has 144 valence electrons. The van der Waals surface area contributed by atoms with Crippen LogP contribution < -0.4 is 0 Å². The summed E-state index contributed by atoms with van der Waals surface area (Å²) in [7, 11) is 1.74. The second-order valence-electron chi connectivity index (χ2n) is 7.09. The molecule has 1 aliphatic rings. The smallest absolute Gasteiger partial charge is 0.255 e. The highest BCUT2D eigenvalue weighted by Crippen LogP contribution is 2.19. The molecule has 0 spiro atoms. The van der Waals surface area contributed by atoms with Gasteiger partial charge in [0.1, 0.15) is 12.4 Å². The number of hydrogen-bond acceptors (Lipinski definition) is 4. The third kappa shape index (κ3) is 3.60. The first-order chi connectivity index (χ1) is 13.6. The normalized spacial score (nSPS) is 13.8. The molecule has 0 N–H and O–H groups in total. The highest BCUT2D eigenvalue weighted by atomic mass is 16.2.